The van der Waals surface area contributed by atoms with Crippen LogP contribution in [-0.2, 0) is 16.6 Å². The first-order chi connectivity index (χ1) is 12.7. The lowest BCUT2D eigenvalue weighted by atomic mass is 10.2. The van der Waals surface area contributed by atoms with Gasteiger partial charge in [0, 0.05) is 43.8 Å². The predicted molar refractivity (Wildman–Crippen MR) is 101 cm³/mol. The summed E-state index contributed by atoms with van der Waals surface area (Å²) in [6.45, 7) is -1.79. The molecule has 1 fully saturated rings. The van der Waals surface area contributed by atoms with E-state index < -0.39 is 16.6 Å². The van der Waals surface area contributed by atoms with Gasteiger partial charge in [-0.05, 0) is 18.6 Å². The molecule has 0 saturated carbocycles. The monoisotopic (exact) mass is 444 g/mol. The van der Waals surface area contributed by atoms with Crippen molar-refractivity contribution in [2.24, 2.45) is 4.99 Å². The Morgan fingerprint density at radius 1 is 1.37 bits per heavy atom. The van der Waals surface area contributed by atoms with Crippen molar-refractivity contribution < 1.29 is 21.9 Å². The van der Waals surface area contributed by atoms with Crippen LogP contribution in [-0.4, -0.2) is 57.7 Å². The van der Waals surface area contributed by atoms with E-state index in [4.69, 9.17) is 23.2 Å². The summed E-state index contributed by atoms with van der Waals surface area (Å²) in [7, 11) is -1.63. The molecule has 12 heteroatoms. The van der Waals surface area contributed by atoms with E-state index in [2.05, 4.69) is 20.4 Å². The fraction of sp³-hybridized carbons (Fsp3) is 0.533. The zero-order valence-corrected chi connectivity index (χ0v) is 16.8. The van der Waals surface area contributed by atoms with E-state index in [0.717, 1.165) is 0 Å². The van der Waals surface area contributed by atoms with Crippen LogP contribution >= 0.6 is 23.2 Å². The van der Waals surface area contributed by atoms with E-state index >= 15 is 0 Å². The second-order valence-electron chi connectivity index (χ2n) is 5.68. The van der Waals surface area contributed by atoms with E-state index in [-0.39, 0.29) is 28.1 Å². The largest absolute Gasteiger partial charge is 0.433 e. The number of benzene rings is 1. The molecule has 1 aromatic carbocycles. The van der Waals surface area contributed by atoms with Crippen LogP contribution in [0.4, 0.5) is 8.78 Å². The molecule has 2 N–H and O–H groups in total. The third-order valence-electron chi connectivity index (χ3n) is 3.82. The minimum atomic E-state index is -3.16. The molecule has 1 aliphatic rings. The number of nitrogens with one attached hydrogen (secondary N) is 2. The van der Waals surface area contributed by atoms with E-state index in [0.29, 0.717) is 37.6 Å². The Hall–Kier alpha value is -1.36. The number of sulfonamides is 1. The minimum Gasteiger partial charge on any atom is -0.433 e. The molecular formula is C15H20Cl2F2N4O3S. The first kappa shape index (κ1) is 21.9. The molecule has 0 unspecified atom stereocenters. The molecule has 2 rings (SSSR count). The molecule has 0 amide bonds. The van der Waals surface area contributed by atoms with Crippen molar-refractivity contribution >= 4 is 39.2 Å². The summed E-state index contributed by atoms with van der Waals surface area (Å²) in [5, 5.41) is 6.15. The van der Waals surface area contributed by atoms with Gasteiger partial charge in [0.2, 0.25) is 10.0 Å². The smallest absolute Gasteiger partial charge is 0.387 e. The number of alkyl halides is 2. The zero-order chi connectivity index (χ0) is 20.0. The molecule has 27 heavy (non-hydrogen) atoms. The van der Waals surface area contributed by atoms with Gasteiger partial charge in [0.05, 0.1) is 10.8 Å². The lowest BCUT2D eigenvalue weighted by Gasteiger charge is -2.18. The van der Waals surface area contributed by atoms with Gasteiger partial charge >= 0.3 is 6.61 Å². The molecule has 1 saturated heterocycles. The maximum Gasteiger partial charge on any atom is 0.387 e. The minimum absolute atomic E-state index is 0.0261. The molecule has 0 aromatic heterocycles. The molecule has 0 spiro atoms. The van der Waals surface area contributed by atoms with Crippen LogP contribution in [0.1, 0.15) is 12.0 Å². The van der Waals surface area contributed by atoms with Gasteiger partial charge in [-0.2, -0.15) is 8.78 Å². The number of rotatable bonds is 7. The van der Waals surface area contributed by atoms with Crippen molar-refractivity contribution in [3.05, 3.63) is 27.7 Å². The lowest BCUT2D eigenvalue weighted by molar-refractivity contribution is -0.0504. The van der Waals surface area contributed by atoms with Gasteiger partial charge in [0.25, 0.3) is 0 Å². The number of aliphatic imine (C=N–C) groups is 1. The molecule has 7 nitrogen and oxygen atoms in total. The molecule has 1 aromatic rings. The first-order valence-electron chi connectivity index (χ1n) is 8.08. The molecule has 0 atom stereocenters. The van der Waals surface area contributed by atoms with Crippen LogP contribution < -0.4 is 15.4 Å². The molecule has 0 radical (unpaired) electrons. The van der Waals surface area contributed by atoms with Gasteiger partial charge in [0.15, 0.2) is 5.96 Å². The summed E-state index contributed by atoms with van der Waals surface area (Å²) in [6, 6.07) is 2.77. The van der Waals surface area contributed by atoms with Crippen molar-refractivity contribution in [3.63, 3.8) is 0 Å². The van der Waals surface area contributed by atoms with Gasteiger partial charge in [-0.15, -0.1) is 0 Å². The quantitative estimate of drug-likeness (QED) is 0.497. The Balaban J connectivity index is 1.94. The Bertz CT molecular complexity index is 794. The first-order valence-corrected chi connectivity index (χ1v) is 10.4. The van der Waals surface area contributed by atoms with Crippen LogP contribution in [0, 0.1) is 0 Å². The summed E-state index contributed by atoms with van der Waals surface area (Å²) in [5.74, 6) is 0.371. The predicted octanol–water partition coefficient (Wildman–Crippen LogP) is 2.30. The van der Waals surface area contributed by atoms with Gasteiger partial charge in [-0.25, -0.2) is 12.7 Å². The average Bonchev–Trinajstić information content (AvgIpc) is 2.91. The maximum absolute atomic E-state index is 12.6. The van der Waals surface area contributed by atoms with Gasteiger partial charge in [-0.3, -0.25) is 4.99 Å². The van der Waals surface area contributed by atoms with Crippen molar-refractivity contribution in [2.45, 2.75) is 19.6 Å². The highest BCUT2D eigenvalue weighted by Crippen LogP contribution is 2.33. The standard InChI is InChI=1S/C15H20Cl2F2N4O3S/c1-20-15(21-3-5-23-4-2-6-27(23,24)25)22-9-10-7-11(16)8-12(17)13(10)26-14(18)19/h7-8,14H,2-6,9H2,1H3,(H2,20,21,22). The van der Waals surface area contributed by atoms with Gasteiger partial charge < -0.3 is 15.4 Å². The highest BCUT2D eigenvalue weighted by atomic mass is 35.5. The fourth-order valence-electron chi connectivity index (χ4n) is 2.61. The Morgan fingerprint density at radius 3 is 2.70 bits per heavy atom. The highest BCUT2D eigenvalue weighted by molar-refractivity contribution is 7.89. The van der Waals surface area contributed by atoms with Crippen molar-refractivity contribution in [3.8, 4) is 5.75 Å². The summed E-state index contributed by atoms with van der Waals surface area (Å²) in [4.78, 5) is 4.01. The fourth-order valence-corrected chi connectivity index (χ4v) is 4.72. The number of hydrogen-bond acceptors (Lipinski definition) is 4. The van der Waals surface area contributed by atoms with Crippen molar-refractivity contribution in [1.29, 1.82) is 0 Å². The van der Waals surface area contributed by atoms with Crippen LogP contribution in [0.15, 0.2) is 17.1 Å². The number of hydrogen-bond donors (Lipinski definition) is 2. The molecule has 152 valence electrons. The van der Waals surface area contributed by atoms with E-state index in [1.54, 1.807) is 0 Å². The number of nitrogens with zero attached hydrogens (tertiary/aromatic N) is 2. The molecule has 0 aliphatic carbocycles. The summed E-state index contributed by atoms with van der Waals surface area (Å²) < 4.78 is 54.6. The number of halogens is 4. The summed E-state index contributed by atoms with van der Waals surface area (Å²) in [6.07, 6.45) is 0.623. The Kier molecular flexibility index (Phi) is 7.90. The zero-order valence-electron chi connectivity index (χ0n) is 14.5. The number of ether oxygens (including phenoxy) is 1. The lowest BCUT2D eigenvalue weighted by Crippen LogP contribution is -2.41. The summed E-state index contributed by atoms with van der Waals surface area (Å²) in [5.41, 5.74) is 0.331. The normalized spacial score (nSPS) is 17.3. The molecule has 1 aliphatic heterocycles. The van der Waals surface area contributed by atoms with Gasteiger partial charge in [0.1, 0.15) is 5.75 Å². The van der Waals surface area contributed by atoms with Crippen LogP contribution in [0.3, 0.4) is 0 Å². The van der Waals surface area contributed by atoms with E-state index in [1.807, 2.05) is 0 Å². The van der Waals surface area contributed by atoms with Crippen LogP contribution in [0.25, 0.3) is 0 Å². The second kappa shape index (κ2) is 9.72. The number of guanidine groups is 1. The summed E-state index contributed by atoms with van der Waals surface area (Å²) >= 11 is 11.9. The Morgan fingerprint density at radius 2 is 2.11 bits per heavy atom. The van der Waals surface area contributed by atoms with Gasteiger partial charge in [-0.1, -0.05) is 23.2 Å². The topological polar surface area (TPSA) is 83.0 Å². The van der Waals surface area contributed by atoms with E-state index in [9.17, 15) is 17.2 Å². The maximum atomic E-state index is 12.6. The van der Waals surface area contributed by atoms with Crippen LogP contribution in [0.5, 0.6) is 5.75 Å². The second-order valence-corrected chi connectivity index (χ2v) is 8.61. The molecule has 0 bridgehead atoms. The Labute approximate surface area is 166 Å². The van der Waals surface area contributed by atoms with Crippen molar-refractivity contribution in [2.75, 3.05) is 32.4 Å². The highest BCUT2D eigenvalue weighted by Gasteiger charge is 2.27. The SMILES string of the molecule is CN=C(NCCN1CCCS1(=O)=O)NCc1cc(Cl)cc(Cl)c1OC(F)F. The van der Waals surface area contributed by atoms with Crippen molar-refractivity contribution in [1.82, 2.24) is 14.9 Å². The molecular weight excluding hydrogens is 425 g/mol. The van der Waals surface area contributed by atoms with Crippen LogP contribution in [0.2, 0.25) is 10.0 Å². The molecule has 1 heterocycles. The third-order valence-corrected chi connectivity index (χ3v) is 6.27. The average molecular weight is 445 g/mol. The van der Waals surface area contributed by atoms with E-state index in [1.165, 1.54) is 23.5 Å². The third kappa shape index (κ3) is 6.34.